The van der Waals surface area contributed by atoms with E-state index in [9.17, 15) is 0 Å². The van der Waals surface area contributed by atoms with Crippen LogP contribution in [0.25, 0.3) is 16.7 Å². The molecule has 0 radical (unpaired) electrons. The number of halogens is 1. The maximum atomic E-state index is 3.88. The summed E-state index contributed by atoms with van der Waals surface area (Å²) in [5.74, 6) is 0. The SMILES string of the molecule is C=C/C=C1C(c2ccccc2)=C(/C=C/I)c2ccccc2/1. The summed E-state index contributed by atoms with van der Waals surface area (Å²) in [7, 11) is 0. The zero-order chi connectivity index (χ0) is 14.7. The van der Waals surface area contributed by atoms with E-state index in [0.717, 1.165) is 0 Å². The Morgan fingerprint density at radius 3 is 2.19 bits per heavy atom. The van der Waals surface area contributed by atoms with Gasteiger partial charge in [-0.1, -0.05) is 95.9 Å². The topological polar surface area (TPSA) is 0 Å². The van der Waals surface area contributed by atoms with Crippen molar-refractivity contribution in [2.75, 3.05) is 0 Å². The van der Waals surface area contributed by atoms with Crippen molar-refractivity contribution in [3.05, 3.63) is 100 Å². The van der Waals surface area contributed by atoms with Crippen LogP contribution in [0.5, 0.6) is 0 Å². The van der Waals surface area contributed by atoms with E-state index in [4.69, 9.17) is 0 Å². The van der Waals surface area contributed by atoms with Crippen molar-refractivity contribution in [2.24, 2.45) is 0 Å². The minimum atomic E-state index is 1.24. The van der Waals surface area contributed by atoms with Gasteiger partial charge in [0.05, 0.1) is 0 Å². The van der Waals surface area contributed by atoms with Gasteiger partial charge in [-0.2, -0.15) is 0 Å². The molecule has 0 aliphatic heterocycles. The van der Waals surface area contributed by atoms with Gasteiger partial charge in [-0.05, 0) is 43.6 Å². The van der Waals surface area contributed by atoms with E-state index in [1.807, 2.05) is 6.08 Å². The van der Waals surface area contributed by atoms with Crippen LogP contribution in [0.2, 0.25) is 0 Å². The first kappa shape index (κ1) is 14.1. The molecular formula is C20H15I. The minimum Gasteiger partial charge on any atom is -0.0990 e. The lowest BCUT2D eigenvalue weighted by molar-refractivity contribution is 1.60. The van der Waals surface area contributed by atoms with Crippen molar-refractivity contribution >= 4 is 39.3 Å². The summed E-state index contributed by atoms with van der Waals surface area (Å²) in [5, 5.41) is 0. The zero-order valence-corrected chi connectivity index (χ0v) is 13.7. The van der Waals surface area contributed by atoms with Gasteiger partial charge in [-0.15, -0.1) is 0 Å². The Labute approximate surface area is 139 Å². The van der Waals surface area contributed by atoms with Gasteiger partial charge in [-0.3, -0.25) is 0 Å². The molecule has 1 aliphatic carbocycles. The first-order valence-electron chi connectivity index (χ1n) is 6.86. The molecule has 102 valence electrons. The van der Waals surface area contributed by atoms with E-state index >= 15 is 0 Å². The van der Waals surface area contributed by atoms with Crippen LogP contribution < -0.4 is 0 Å². The van der Waals surface area contributed by atoms with Crippen molar-refractivity contribution in [1.82, 2.24) is 0 Å². The molecule has 0 atom stereocenters. The third-order valence-corrected chi connectivity index (χ3v) is 3.98. The number of hydrogen-bond donors (Lipinski definition) is 0. The molecule has 1 heteroatoms. The molecule has 2 aromatic rings. The number of rotatable bonds is 3. The van der Waals surface area contributed by atoms with Crippen molar-refractivity contribution < 1.29 is 0 Å². The summed E-state index contributed by atoms with van der Waals surface area (Å²) >= 11 is 2.28. The molecular weight excluding hydrogens is 367 g/mol. The van der Waals surface area contributed by atoms with Gasteiger partial charge in [0, 0.05) is 0 Å². The van der Waals surface area contributed by atoms with Gasteiger partial charge in [0.15, 0.2) is 0 Å². The fourth-order valence-electron chi connectivity index (χ4n) is 2.81. The van der Waals surface area contributed by atoms with Crippen LogP contribution in [-0.2, 0) is 0 Å². The summed E-state index contributed by atoms with van der Waals surface area (Å²) in [4.78, 5) is 0. The van der Waals surface area contributed by atoms with E-state index in [2.05, 4.69) is 100 Å². The maximum Gasteiger partial charge on any atom is -0.00262 e. The molecule has 21 heavy (non-hydrogen) atoms. The molecule has 0 spiro atoms. The van der Waals surface area contributed by atoms with E-state index in [0.29, 0.717) is 0 Å². The molecule has 0 aromatic heterocycles. The molecule has 0 saturated heterocycles. The van der Waals surface area contributed by atoms with Crippen molar-refractivity contribution in [3.8, 4) is 0 Å². The van der Waals surface area contributed by atoms with E-state index in [1.165, 1.54) is 33.4 Å². The summed E-state index contributed by atoms with van der Waals surface area (Å²) < 4.78 is 2.07. The van der Waals surface area contributed by atoms with Crippen LogP contribution in [0, 0.1) is 0 Å². The van der Waals surface area contributed by atoms with E-state index < -0.39 is 0 Å². The standard InChI is InChI=1S/C20H15I/c1-2-8-18-16-11-6-7-12-17(16)19(13-14-21)20(18)15-9-4-3-5-10-15/h2-14H,1H2/b14-13+,18-8+. The average Bonchev–Trinajstić information content (AvgIpc) is 2.84. The third-order valence-electron chi connectivity index (χ3n) is 3.62. The van der Waals surface area contributed by atoms with Gasteiger partial charge < -0.3 is 0 Å². The highest BCUT2D eigenvalue weighted by atomic mass is 127. The molecule has 3 rings (SSSR count). The smallest absolute Gasteiger partial charge is 0.00262 e. The molecule has 0 unspecified atom stereocenters. The quantitative estimate of drug-likeness (QED) is 0.561. The predicted molar refractivity (Wildman–Crippen MR) is 101 cm³/mol. The second-order valence-electron chi connectivity index (χ2n) is 4.81. The molecule has 0 N–H and O–H groups in total. The van der Waals surface area contributed by atoms with Crippen LogP contribution in [0.3, 0.4) is 0 Å². The molecule has 0 heterocycles. The monoisotopic (exact) mass is 382 g/mol. The highest BCUT2D eigenvalue weighted by molar-refractivity contribution is 14.1. The Kier molecular flexibility index (Phi) is 4.20. The van der Waals surface area contributed by atoms with E-state index in [1.54, 1.807) is 0 Å². The predicted octanol–water partition coefficient (Wildman–Crippen LogP) is 6.13. The molecule has 0 saturated carbocycles. The highest BCUT2D eigenvalue weighted by Gasteiger charge is 2.24. The second kappa shape index (κ2) is 6.27. The first-order chi connectivity index (χ1) is 10.4. The fraction of sp³-hybridized carbons (Fsp3) is 0. The highest BCUT2D eigenvalue weighted by Crippen LogP contribution is 2.46. The number of fused-ring (bicyclic) bond motifs is 1. The number of allylic oxidation sites excluding steroid dienone is 6. The Hall–Kier alpha value is -1.87. The molecule has 1 aliphatic rings. The lowest BCUT2D eigenvalue weighted by atomic mass is 9.96. The molecule has 0 amide bonds. The van der Waals surface area contributed by atoms with Crippen molar-refractivity contribution in [3.63, 3.8) is 0 Å². The lowest BCUT2D eigenvalue weighted by Gasteiger charge is -2.08. The van der Waals surface area contributed by atoms with Crippen LogP contribution in [0.4, 0.5) is 0 Å². The Morgan fingerprint density at radius 1 is 0.857 bits per heavy atom. The van der Waals surface area contributed by atoms with Gasteiger partial charge in [0.25, 0.3) is 0 Å². The largest absolute Gasteiger partial charge is 0.0990 e. The van der Waals surface area contributed by atoms with Gasteiger partial charge in [0.2, 0.25) is 0 Å². The Balaban J connectivity index is 2.33. The van der Waals surface area contributed by atoms with Crippen LogP contribution in [0.15, 0.2) is 83.5 Å². The lowest BCUT2D eigenvalue weighted by Crippen LogP contribution is -1.85. The Bertz CT molecular complexity index is 761. The van der Waals surface area contributed by atoms with Gasteiger partial charge in [-0.25, -0.2) is 0 Å². The number of hydrogen-bond acceptors (Lipinski definition) is 0. The molecule has 0 fully saturated rings. The molecule has 0 nitrogen and oxygen atoms in total. The van der Waals surface area contributed by atoms with Crippen LogP contribution in [-0.4, -0.2) is 0 Å². The third kappa shape index (κ3) is 2.54. The summed E-state index contributed by atoms with van der Waals surface area (Å²) in [6.07, 6.45) is 6.16. The second-order valence-corrected chi connectivity index (χ2v) is 5.53. The van der Waals surface area contributed by atoms with Crippen molar-refractivity contribution in [1.29, 1.82) is 0 Å². The molecule has 2 aromatic carbocycles. The van der Waals surface area contributed by atoms with Crippen molar-refractivity contribution in [2.45, 2.75) is 0 Å². The summed E-state index contributed by atoms with van der Waals surface area (Å²) in [5.41, 5.74) is 7.62. The van der Waals surface area contributed by atoms with Gasteiger partial charge >= 0.3 is 0 Å². The fourth-order valence-corrected chi connectivity index (χ4v) is 3.17. The zero-order valence-electron chi connectivity index (χ0n) is 11.6. The Morgan fingerprint density at radius 2 is 1.52 bits per heavy atom. The summed E-state index contributed by atoms with van der Waals surface area (Å²) in [6.45, 7) is 3.88. The molecule has 0 bridgehead atoms. The van der Waals surface area contributed by atoms with Crippen LogP contribution in [0.1, 0.15) is 16.7 Å². The average molecular weight is 382 g/mol. The maximum absolute atomic E-state index is 3.88. The minimum absolute atomic E-state index is 1.24. The summed E-state index contributed by atoms with van der Waals surface area (Å²) in [6, 6.07) is 19.1. The normalized spacial score (nSPS) is 15.8. The first-order valence-corrected chi connectivity index (χ1v) is 8.10. The van der Waals surface area contributed by atoms with Gasteiger partial charge in [0.1, 0.15) is 0 Å². The number of benzene rings is 2. The van der Waals surface area contributed by atoms with E-state index in [-0.39, 0.29) is 0 Å². The van der Waals surface area contributed by atoms with Crippen LogP contribution >= 0.6 is 22.6 Å².